The number of likely N-dealkylation sites (tertiary alicyclic amines) is 1. The van der Waals surface area contributed by atoms with Crippen LogP contribution in [0.5, 0.6) is 0 Å². The van der Waals surface area contributed by atoms with Crippen LogP contribution in [0.4, 0.5) is 13.2 Å². The molecule has 1 saturated carbocycles. The zero-order valence-corrected chi connectivity index (χ0v) is 17.5. The molecule has 2 aromatic carbocycles. The van der Waals surface area contributed by atoms with Crippen LogP contribution < -0.4 is 5.32 Å². The second-order valence-corrected chi connectivity index (χ2v) is 8.71. The molecule has 1 unspecified atom stereocenters. The zero-order chi connectivity index (χ0) is 22.2. The van der Waals surface area contributed by atoms with Crippen molar-refractivity contribution in [3.05, 3.63) is 70.2 Å². The Morgan fingerprint density at radius 1 is 1.10 bits per heavy atom. The maximum atomic E-state index is 12.8. The summed E-state index contributed by atoms with van der Waals surface area (Å²) in [5.41, 5.74) is 0.0526. The Balaban J connectivity index is 1.30. The number of carbonyl (C=O) groups excluding carboxylic acids is 2. The van der Waals surface area contributed by atoms with Crippen molar-refractivity contribution in [2.75, 3.05) is 13.1 Å². The summed E-state index contributed by atoms with van der Waals surface area (Å²) in [4.78, 5) is 27.1. The van der Waals surface area contributed by atoms with E-state index in [1.54, 1.807) is 35.2 Å². The molecule has 8 heteroatoms. The lowest BCUT2D eigenvalue weighted by Crippen LogP contribution is -2.40. The molecule has 1 atom stereocenters. The van der Waals surface area contributed by atoms with Crippen molar-refractivity contribution >= 4 is 23.4 Å². The third-order valence-corrected chi connectivity index (χ3v) is 6.71. The van der Waals surface area contributed by atoms with Crippen molar-refractivity contribution in [2.24, 2.45) is 11.3 Å². The van der Waals surface area contributed by atoms with E-state index in [2.05, 4.69) is 5.32 Å². The molecule has 2 fully saturated rings. The van der Waals surface area contributed by atoms with Gasteiger partial charge in [0.1, 0.15) is 0 Å². The molecule has 2 aromatic rings. The summed E-state index contributed by atoms with van der Waals surface area (Å²) in [6.45, 7) is 1.18. The SMILES string of the molecule is O=C(NCc1cccc(C(F)(F)F)c1)C1CC12CCN(C(=O)c1ccccc1Cl)CC2. The molecule has 1 aliphatic heterocycles. The van der Waals surface area contributed by atoms with Crippen molar-refractivity contribution in [1.29, 1.82) is 0 Å². The first kappa shape index (κ1) is 21.7. The van der Waals surface area contributed by atoms with E-state index in [4.69, 9.17) is 11.6 Å². The fourth-order valence-electron chi connectivity index (χ4n) is 4.40. The molecular weight excluding hydrogens is 429 g/mol. The highest BCUT2D eigenvalue weighted by Crippen LogP contribution is 2.59. The number of hydrogen-bond acceptors (Lipinski definition) is 2. The third-order valence-electron chi connectivity index (χ3n) is 6.38. The lowest BCUT2D eigenvalue weighted by molar-refractivity contribution is -0.137. The molecule has 2 amide bonds. The topological polar surface area (TPSA) is 49.4 Å². The van der Waals surface area contributed by atoms with E-state index in [1.807, 2.05) is 0 Å². The predicted octanol–water partition coefficient (Wildman–Crippen LogP) is 4.92. The van der Waals surface area contributed by atoms with Gasteiger partial charge in [0.25, 0.3) is 5.91 Å². The molecule has 4 nitrogen and oxygen atoms in total. The van der Waals surface area contributed by atoms with Gasteiger partial charge in [0, 0.05) is 25.6 Å². The van der Waals surface area contributed by atoms with E-state index in [9.17, 15) is 22.8 Å². The highest BCUT2D eigenvalue weighted by molar-refractivity contribution is 6.33. The molecule has 1 spiro atoms. The molecule has 4 rings (SSSR count). The molecule has 0 radical (unpaired) electrons. The van der Waals surface area contributed by atoms with E-state index in [-0.39, 0.29) is 29.7 Å². The van der Waals surface area contributed by atoms with Gasteiger partial charge in [-0.05, 0) is 54.5 Å². The normalized spacial score (nSPS) is 19.9. The second-order valence-electron chi connectivity index (χ2n) is 8.31. The van der Waals surface area contributed by atoms with Crippen LogP contribution in [0.3, 0.4) is 0 Å². The third kappa shape index (κ3) is 4.56. The Morgan fingerprint density at radius 3 is 2.48 bits per heavy atom. The number of halogens is 4. The number of nitrogens with zero attached hydrogens (tertiary/aromatic N) is 1. The largest absolute Gasteiger partial charge is 0.416 e. The van der Waals surface area contributed by atoms with Crippen molar-refractivity contribution < 1.29 is 22.8 Å². The Hall–Kier alpha value is -2.54. The number of nitrogens with one attached hydrogen (secondary N) is 1. The smallest absolute Gasteiger partial charge is 0.352 e. The fourth-order valence-corrected chi connectivity index (χ4v) is 4.62. The van der Waals surface area contributed by atoms with Crippen molar-refractivity contribution in [2.45, 2.75) is 32.0 Å². The molecule has 0 bridgehead atoms. The summed E-state index contributed by atoms with van der Waals surface area (Å²) in [6, 6.07) is 11.9. The molecular formula is C23H22ClF3N2O2. The summed E-state index contributed by atoms with van der Waals surface area (Å²) in [5.74, 6) is -0.397. The molecule has 0 aromatic heterocycles. The Bertz CT molecular complexity index is 1000. The minimum atomic E-state index is -4.41. The van der Waals surface area contributed by atoms with Crippen LogP contribution in [-0.2, 0) is 17.5 Å². The fraction of sp³-hybridized carbons (Fsp3) is 0.391. The van der Waals surface area contributed by atoms with Gasteiger partial charge in [0.15, 0.2) is 0 Å². The van der Waals surface area contributed by atoms with E-state index < -0.39 is 11.7 Å². The van der Waals surface area contributed by atoms with Gasteiger partial charge in [-0.3, -0.25) is 9.59 Å². The summed E-state index contributed by atoms with van der Waals surface area (Å²) >= 11 is 6.13. The van der Waals surface area contributed by atoms with Gasteiger partial charge in [0.05, 0.1) is 16.1 Å². The van der Waals surface area contributed by atoms with Crippen LogP contribution in [0.25, 0.3) is 0 Å². The lowest BCUT2D eigenvalue weighted by atomic mass is 9.90. The van der Waals surface area contributed by atoms with Crippen LogP contribution >= 0.6 is 11.6 Å². The van der Waals surface area contributed by atoms with Crippen LogP contribution in [0, 0.1) is 11.3 Å². The van der Waals surface area contributed by atoms with Crippen LogP contribution in [-0.4, -0.2) is 29.8 Å². The average molecular weight is 451 g/mol. The van der Waals surface area contributed by atoms with E-state index in [0.717, 1.165) is 31.4 Å². The minimum Gasteiger partial charge on any atom is -0.352 e. The Labute approximate surface area is 183 Å². The Morgan fingerprint density at radius 2 is 1.81 bits per heavy atom. The minimum absolute atomic E-state index is 0.0620. The quantitative estimate of drug-likeness (QED) is 0.719. The first-order chi connectivity index (χ1) is 14.7. The molecule has 164 valence electrons. The lowest BCUT2D eigenvalue weighted by Gasteiger charge is -2.33. The van der Waals surface area contributed by atoms with Gasteiger partial charge in [-0.2, -0.15) is 13.2 Å². The first-order valence-electron chi connectivity index (χ1n) is 10.2. The maximum absolute atomic E-state index is 12.8. The van der Waals surface area contributed by atoms with E-state index in [1.165, 1.54) is 6.07 Å². The van der Waals surface area contributed by atoms with Gasteiger partial charge in [-0.1, -0.05) is 35.9 Å². The van der Waals surface area contributed by atoms with Gasteiger partial charge in [-0.25, -0.2) is 0 Å². The van der Waals surface area contributed by atoms with Gasteiger partial charge in [-0.15, -0.1) is 0 Å². The number of hydrogen-bond donors (Lipinski definition) is 1. The molecule has 1 saturated heterocycles. The highest BCUT2D eigenvalue weighted by atomic mass is 35.5. The van der Waals surface area contributed by atoms with E-state index >= 15 is 0 Å². The molecule has 1 aliphatic carbocycles. The van der Waals surface area contributed by atoms with Crippen molar-refractivity contribution in [1.82, 2.24) is 10.2 Å². The van der Waals surface area contributed by atoms with Crippen LogP contribution in [0.15, 0.2) is 48.5 Å². The number of benzene rings is 2. The highest BCUT2D eigenvalue weighted by Gasteiger charge is 2.58. The van der Waals surface area contributed by atoms with Crippen molar-refractivity contribution in [3.63, 3.8) is 0 Å². The maximum Gasteiger partial charge on any atom is 0.416 e. The molecule has 1 heterocycles. The number of piperidine rings is 1. The molecule has 2 aliphatic rings. The van der Waals surface area contributed by atoms with Gasteiger partial charge >= 0.3 is 6.18 Å². The van der Waals surface area contributed by atoms with Crippen molar-refractivity contribution in [3.8, 4) is 0 Å². The van der Waals surface area contributed by atoms with Gasteiger partial charge in [0.2, 0.25) is 5.91 Å². The summed E-state index contributed by atoms with van der Waals surface area (Å²) in [5, 5.41) is 3.20. The van der Waals surface area contributed by atoms with Gasteiger partial charge < -0.3 is 10.2 Å². The number of carbonyl (C=O) groups is 2. The van der Waals surface area contributed by atoms with E-state index in [0.29, 0.717) is 29.2 Å². The monoisotopic (exact) mass is 450 g/mol. The van der Waals surface area contributed by atoms with Crippen LogP contribution in [0.2, 0.25) is 5.02 Å². The zero-order valence-electron chi connectivity index (χ0n) is 16.7. The number of alkyl halides is 3. The summed E-state index contributed by atoms with van der Waals surface area (Å²) in [6.07, 6.45) is -2.21. The standard InChI is InChI=1S/C23H22ClF3N2O2/c24-19-7-2-1-6-17(19)21(31)29-10-8-22(9-11-29)13-18(22)20(30)28-14-15-4-3-5-16(12-15)23(25,26)27/h1-7,12,18H,8-11,13-14H2,(H,28,30). The number of amides is 2. The average Bonchev–Trinajstić information content (AvgIpc) is 3.45. The first-order valence-corrected chi connectivity index (χ1v) is 10.6. The summed E-state index contributed by atoms with van der Waals surface area (Å²) in [7, 11) is 0. The predicted molar refractivity (Wildman–Crippen MR) is 110 cm³/mol. The molecule has 1 N–H and O–H groups in total. The number of rotatable bonds is 4. The second kappa shape index (κ2) is 8.19. The molecule has 31 heavy (non-hydrogen) atoms. The van der Waals surface area contributed by atoms with Crippen LogP contribution in [0.1, 0.15) is 40.7 Å². The Kier molecular flexibility index (Phi) is 5.73. The summed E-state index contributed by atoms with van der Waals surface area (Å²) < 4.78 is 38.5.